The fourth-order valence-corrected chi connectivity index (χ4v) is 2.14. The van der Waals surface area contributed by atoms with Crippen LogP contribution in [0.15, 0.2) is 0 Å². The van der Waals surface area contributed by atoms with Crippen LogP contribution >= 0.6 is 0 Å². The third-order valence-corrected chi connectivity index (χ3v) is 3.17. The number of piperazine rings is 1. The predicted octanol–water partition coefficient (Wildman–Crippen LogP) is 1.09. The van der Waals surface area contributed by atoms with Crippen molar-refractivity contribution < 1.29 is 19.1 Å². The van der Waals surface area contributed by atoms with Gasteiger partial charge in [-0.25, -0.2) is 4.79 Å². The van der Waals surface area contributed by atoms with Crippen molar-refractivity contribution >= 4 is 18.7 Å². The van der Waals surface area contributed by atoms with E-state index in [4.69, 9.17) is 4.74 Å². The molecule has 0 N–H and O–H groups in total. The van der Waals surface area contributed by atoms with Crippen LogP contribution in [0.25, 0.3) is 0 Å². The van der Waals surface area contributed by atoms with Gasteiger partial charge in [0.1, 0.15) is 18.2 Å². The molecule has 1 rings (SSSR count). The number of nitrogens with zero attached hydrogens (tertiary/aromatic N) is 2. The third-order valence-electron chi connectivity index (χ3n) is 3.17. The number of carbonyl (C=O) groups excluding carboxylic acids is 3. The SMILES string of the molecule is CC(C)(C)OC(=O)N1CCN(C(C=O)CCC=O)CC1. The largest absolute Gasteiger partial charge is 0.444 e. The van der Waals surface area contributed by atoms with E-state index in [2.05, 4.69) is 0 Å². The topological polar surface area (TPSA) is 66.9 Å². The van der Waals surface area contributed by atoms with Crippen LogP contribution in [0.4, 0.5) is 4.79 Å². The lowest BCUT2D eigenvalue weighted by molar-refractivity contribution is -0.113. The Bertz CT molecular complexity index is 344. The number of carbonyl (C=O) groups is 3. The minimum absolute atomic E-state index is 0.235. The number of hydrogen-bond donors (Lipinski definition) is 0. The monoisotopic (exact) mass is 284 g/mol. The molecule has 1 aliphatic rings. The van der Waals surface area contributed by atoms with Gasteiger partial charge in [0.05, 0.1) is 6.04 Å². The Hall–Kier alpha value is -1.43. The van der Waals surface area contributed by atoms with E-state index in [1.807, 2.05) is 25.7 Å². The van der Waals surface area contributed by atoms with Crippen molar-refractivity contribution in [1.29, 1.82) is 0 Å². The zero-order chi connectivity index (χ0) is 15.2. The molecule has 0 aromatic carbocycles. The summed E-state index contributed by atoms with van der Waals surface area (Å²) in [6, 6.07) is -0.235. The Balaban J connectivity index is 2.44. The predicted molar refractivity (Wildman–Crippen MR) is 74.5 cm³/mol. The van der Waals surface area contributed by atoms with Gasteiger partial charge in [-0.1, -0.05) is 0 Å². The number of amides is 1. The molecule has 1 heterocycles. The first-order valence-corrected chi connectivity index (χ1v) is 6.98. The second-order valence-corrected chi connectivity index (χ2v) is 5.95. The molecular formula is C14H24N2O4. The molecule has 0 saturated carbocycles. The lowest BCUT2D eigenvalue weighted by Gasteiger charge is -2.37. The molecule has 1 amide bonds. The van der Waals surface area contributed by atoms with E-state index in [1.165, 1.54) is 0 Å². The van der Waals surface area contributed by atoms with Crippen LogP contribution in [0.2, 0.25) is 0 Å². The van der Waals surface area contributed by atoms with E-state index in [0.29, 0.717) is 39.0 Å². The van der Waals surface area contributed by atoms with Gasteiger partial charge in [0.15, 0.2) is 0 Å². The molecule has 0 bridgehead atoms. The Morgan fingerprint density at radius 3 is 2.25 bits per heavy atom. The van der Waals surface area contributed by atoms with Gasteiger partial charge < -0.3 is 19.2 Å². The summed E-state index contributed by atoms with van der Waals surface area (Å²) < 4.78 is 5.32. The molecule has 0 spiro atoms. The number of ether oxygens (including phenoxy) is 1. The van der Waals surface area contributed by atoms with Crippen molar-refractivity contribution in [3.8, 4) is 0 Å². The van der Waals surface area contributed by atoms with Gasteiger partial charge >= 0.3 is 6.09 Å². The van der Waals surface area contributed by atoms with E-state index in [0.717, 1.165) is 12.6 Å². The van der Waals surface area contributed by atoms with Crippen LogP contribution < -0.4 is 0 Å². The zero-order valence-corrected chi connectivity index (χ0v) is 12.5. The van der Waals surface area contributed by atoms with Crippen LogP contribution in [0.5, 0.6) is 0 Å². The molecule has 0 radical (unpaired) electrons. The van der Waals surface area contributed by atoms with E-state index in [9.17, 15) is 14.4 Å². The van der Waals surface area contributed by atoms with E-state index >= 15 is 0 Å². The molecule has 114 valence electrons. The maximum atomic E-state index is 11.9. The highest BCUT2D eigenvalue weighted by Gasteiger charge is 2.28. The van der Waals surface area contributed by atoms with Gasteiger partial charge in [-0.3, -0.25) is 4.90 Å². The summed E-state index contributed by atoms with van der Waals surface area (Å²) in [5, 5.41) is 0. The van der Waals surface area contributed by atoms with Crippen molar-refractivity contribution in [2.24, 2.45) is 0 Å². The standard InChI is InChI=1S/C14H24N2O4/c1-14(2,3)20-13(19)16-8-6-15(7-9-16)12(11-18)5-4-10-17/h10-12H,4-9H2,1-3H3. The van der Waals surface area contributed by atoms with Crippen molar-refractivity contribution in [2.45, 2.75) is 45.3 Å². The van der Waals surface area contributed by atoms with Gasteiger partial charge in [-0.15, -0.1) is 0 Å². The van der Waals surface area contributed by atoms with E-state index in [-0.39, 0.29) is 12.1 Å². The first-order chi connectivity index (χ1) is 9.37. The minimum atomic E-state index is -0.497. The van der Waals surface area contributed by atoms with Crippen molar-refractivity contribution in [3.05, 3.63) is 0 Å². The molecular weight excluding hydrogens is 260 g/mol. The maximum Gasteiger partial charge on any atom is 0.410 e. The summed E-state index contributed by atoms with van der Waals surface area (Å²) in [5.74, 6) is 0. The fourth-order valence-electron chi connectivity index (χ4n) is 2.14. The summed E-state index contributed by atoms with van der Waals surface area (Å²) in [6.07, 6.45) is 2.32. The highest BCUT2D eigenvalue weighted by atomic mass is 16.6. The van der Waals surface area contributed by atoms with Gasteiger partial charge in [-0.2, -0.15) is 0 Å². The van der Waals surface area contributed by atoms with Gasteiger partial charge in [0, 0.05) is 32.6 Å². The minimum Gasteiger partial charge on any atom is -0.444 e. The molecule has 1 unspecified atom stereocenters. The molecule has 1 aliphatic heterocycles. The Morgan fingerprint density at radius 2 is 1.80 bits per heavy atom. The molecule has 1 saturated heterocycles. The average molecular weight is 284 g/mol. The summed E-state index contributed by atoms with van der Waals surface area (Å²) >= 11 is 0. The Morgan fingerprint density at radius 1 is 1.20 bits per heavy atom. The van der Waals surface area contributed by atoms with Crippen LogP contribution in [0, 0.1) is 0 Å². The quantitative estimate of drug-likeness (QED) is 0.707. The summed E-state index contributed by atoms with van der Waals surface area (Å²) in [4.78, 5) is 37.0. The van der Waals surface area contributed by atoms with E-state index in [1.54, 1.807) is 4.90 Å². The second kappa shape index (κ2) is 7.38. The molecule has 0 aromatic heterocycles. The summed E-state index contributed by atoms with van der Waals surface area (Å²) in [5.41, 5.74) is -0.497. The second-order valence-electron chi connectivity index (χ2n) is 5.95. The molecule has 6 heteroatoms. The molecule has 1 atom stereocenters. The van der Waals surface area contributed by atoms with Crippen LogP contribution in [-0.2, 0) is 14.3 Å². The highest BCUT2D eigenvalue weighted by Crippen LogP contribution is 2.13. The van der Waals surface area contributed by atoms with Crippen molar-refractivity contribution in [2.75, 3.05) is 26.2 Å². The zero-order valence-electron chi connectivity index (χ0n) is 12.5. The Kier molecular flexibility index (Phi) is 6.13. The lowest BCUT2D eigenvalue weighted by Crippen LogP contribution is -2.53. The normalized spacial score (nSPS) is 18.4. The average Bonchev–Trinajstić information content (AvgIpc) is 2.38. The molecule has 1 fully saturated rings. The molecule has 0 aromatic rings. The Labute approximate surface area is 120 Å². The lowest BCUT2D eigenvalue weighted by atomic mass is 10.1. The van der Waals surface area contributed by atoms with Crippen LogP contribution in [0.1, 0.15) is 33.6 Å². The maximum absolute atomic E-state index is 11.9. The summed E-state index contributed by atoms with van der Waals surface area (Å²) in [6.45, 7) is 7.85. The highest BCUT2D eigenvalue weighted by molar-refractivity contribution is 5.68. The van der Waals surface area contributed by atoms with Crippen LogP contribution in [0.3, 0.4) is 0 Å². The number of hydrogen-bond acceptors (Lipinski definition) is 5. The van der Waals surface area contributed by atoms with Gasteiger partial charge in [0.2, 0.25) is 0 Å². The van der Waals surface area contributed by atoms with Gasteiger partial charge in [0.25, 0.3) is 0 Å². The van der Waals surface area contributed by atoms with Crippen LogP contribution in [-0.4, -0.2) is 66.3 Å². The molecule has 20 heavy (non-hydrogen) atoms. The molecule has 6 nitrogen and oxygen atoms in total. The van der Waals surface area contributed by atoms with Crippen molar-refractivity contribution in [1.82, 2.24) is 9.80 Å². The third kappa shape index (κ3) is 5.28. The van der Waals surface area contributed by atoms with Gasteiger partial charge in [-0.05, 0) is 27.2 Å². The summed E-state index contributed by atoms with van der Waals surface area (Å²) in [7, 11) is 0. The van der Waals surface area contributed by atoms with E-state index < -0.39 is 5.60 Å². The first-order valence-electron chi connectivity index (χ1n) is 6.98. The number of aldehydes is 2. The van der Waals surface area contributed by atoms with Crippen molar-refractivity contribution in [3.63, 3.8) is 0 Å². The first kappa shape index (κ1) is 16.6. The number of rotatable bonds is 5. The molecule has 0 aliphatic carbocycles. The fraction of sp³-hybridized carbons (Fsp3) is 0.786. The smallest absolute Gasteiger partial charge is 0.410 e.